The molecule has 2 fully saturated rings. The molecule has 0 bridgehead atoms. The van der Waals surface area contributed by atoms with E-state index in [9.17, 15) is 4.79 Å². The summed E-state index contributed by atoms with van der Waals surface area (Å²) in [5, 5.41) is 5.99. The maximum Gasteiger partial charge on any atom is 0.271 e. The molecule has 0 radical (unpaired) electrons. The highest BCUT2D eigenvalue weighted by atomic mass is 32.1. The lowest BCUT2D eigenvalue weighted by molar-refractivity contribution is 0.00987. The Kier molecular flexibility index (Phi) is 4.08. The van der Waals surface area contributed by atoms with Crippen LogP contribution in [0.4, 0.5) is 0 Å². The Morgan fingerprint density at radius 3 is 3.10 bits per heavy atom. The van der Waals surface area contributed by atoms with Gasteiger partial charge in [-0.3, -0.25) is 4.79 Å². The second-order valence-corrected chi connectivity index (χ2v) is 6.89. The minimum Gasteiger partial charge on any atom is -0.373 e. The number of aryl methyl sites for hydroxylation is 1. The number of amides is 1. The van der Waals surface area contributed by atoms with Crippen LogP contribution in [-0.2, 0) is 11.2 Å². The van der Waals surface area contributed by atoms with Gasteiger partial charge in [-0.25, -0.2) is 4.98 Å². The average Bonchev–Trinajstić information content (AvgIpc) is 3.14. The summed E-state index contributed by atoms with van der Waals surface area (Å²) in [5.41, 5.74) is 0.624. The zero-order chi connectivity index (χ0) is 14.0. The fourth-order valence-electron chi connectivity index (χ4n) is 3.31. The smallest absolute Gasteiger partial charge is 0.271 e. The summed E-state index contributed by atoms with van der Waals surface area (Å²) in [6.07, 6.45) is 7.79. The van der Waals surface area contributed by atoms with Crippen molar-refractivity contribution in [3.8, 4) is 0 Å². The van der Waals surface area contributed by atoms with E-state index < -0.39 is 0 Å². The molecule has 1 aromatic rings. The first-order valence-corrected chi connectivity index (χ1v) is 8.48. The second-order valence-electron chi connectivity index (χ2n) is 5.95. The van der Waals surface area contributed by atoms with Crippen molar-refractivity contribution in [1.29, 1.82) is 0 Å². The standard InChI is InChI=1S/C15H22N2O2S/c1-2-5-13-17-12(10-20-13)14(18)16-11-8-15(19-9-11)6-3-4-7-15/h10-11H,2-9H2,1H3,(H,16,18). The maximum absolute atomic E-state index is 12.2. The number of carbonyl (C=O) groups is 1. The molecular weight excluding hydrogens is 272 g/mol. The van der Waals surface area contributed by atoms with Gasteiger partial charge in [-0.1, -0.05) is 19.8 Å². The highest BCUT2D eigenvalue weighted by molar-refractivity contribution is 7.09. The van der Waals surface area contributed by atoms with Crippen LogP contribution in [0.25, 0.3) is 0 Å². The second kappa shape index (κ2) is 5.82. The molecule has 110 valence electrons. The minimum atomic E-state index is -0.0488. The molecule has 1 saturated carbocycles. The third-order valence-electron chi connectivity index (χ3n) is 4.31. The molecule has 3 rings (SSSR count). The van der Waals surface area contributed by atoms with Crippen LogP contribution in [0.3, 0.4) is 0 Å². The van der Waals surface area contributed by atoms with Crippen molar-refractivity contribution < 1.29 is 9.53 Å². The maximum atomic E-state index is 12.2. The Morgan fingerprint density at radius 1 is 1.55 bits per heavy atom. The van der Waals surface area contributed by atoms with Crippen LogP contribution in [0.15, 0.2) is 5.38 Å². The molecular formula is C15H22N2O2S. The van der Waals surface area contributed by atoms with Gasteiger partial charge in [-0.2, -0.15) is 0 Å². The molecule has 0 aromatic carbocycles. The number of thiazole rings is 1. The molecule has 1 aromatic heterocycles. The van der Waals surface area contributed by atoms with E-state index in [-0.39, 0.29) is 17.6 Å². The lowest BCUT2D eigenvalue weighted by atomic mass is 9.96. The topological polar surface area (TPSA) is 51.2 Å². The number of hydrogen-bond acceptors (Lipinski definition) is 4. The van der Waals surface area contributed by atoms with Crippen LogP contribution < -0.4 is 5.32 Å². The van der Waals surface area contributed by atoms with E-state index in [1.54, 1.807) is 11.3 Å². The van der Waals surface area contributed by atoms with Gasteiger partial charge >= 0.3 is 0 Å². The Labute approximate surface area is 123 Å². The first-order chi connectivity index (χ1) is 9.71. The number of hydrogen-bond donors (Lipinski definition) is 1. The Bertz CT molecular complexity index is 480. The van der Waals surface area contributed by atoms with Crippen LogP contribution >= 0.6 is 11.3 Å². The molecule has 5 heteroatoms. The number of rotatable bonds is 4. The fraction of sp³-hybridized carbons (Fsp3) is 0.733. The summed E-state index contributed by atoms with van der Waals surface area (Å²) < 4.78 is 5.96. The van der Waals surface area contributed by atoms with Gasteiger partial charge < -0.3 is 10.1 Å². The van der Waals surface area contributed by atoms with E-state index in [0.717, 1.165) is 37.1 Å². The van der Waals surface area contributed by atoms with Crippen molar-refractivity contribution >= 4 is 17.2 Å². The number of ether oxygens (including phenoxy) is 1. The normalized spacial score (nSPS) is 24.4. The van der Waals surface area contributed by atoms with Crippen molar-refractivity contribution in [2.45, 2.75) is 63.5 Å². The van der Waals surface area contributed by atoms with Crippen LogP contribution in [0.5, 0.6) is 0 Å². The number of nitrogens with zero attached hydrogens (tertiary/aromatic N) is 1. The van der Waals surface area contributed by atoms with Crippen LogP contribution in [0.1, 0.15) is 60.9 Å². The SMILES string of the molecule is CCCc1nc(C(=O)NC2COC3(CCCC3)C2)cs1. The summed E-state index contributed by atoms with van der Waals surface area (Å²) in [4.78, 5) is 16.6. The largest absolute Gasteiger partial charge is 0.373 e. The van der Waals surface area contributed by atoms with Gasteiger partial charge in [0.2, 0.25) is 0 Å². The van der Waals surface area contributed by atoms with E-state index in [1.165, 1.54) is 12.8 Å². The average molecular weight is 294 g/mol. The molecule has 1 N–H and O–H groups in total. The Balaban J connectivity index is 1.56. The molecule has 1 spiro atoms. The van der Waals surface area contributed by atoms with Gasteiger partial charge in [0.05, 0.1) is 23.3 Å². The van der Waals surface area contributed by atoms with Gasteiger partial charge in [-0.05, 0) is 32.1 Å². The van der Waals surface area contributed by atoms with Crippen molar-refractivity contribution in [3.63, 3.8) is 0 Å². The zero-order valence-electron chi connectivity index (χ0n) is 12.0. The lowest BCUT2D eigenvalue weighted by Gasteiger charge is -2.21. The van der Waals surface area contributed by atoms with Crippen molar-refractivity contribution in [3.05, 3.63) is 16.1 Å². The summed E-state index contributed by atoms with van der Waals surface area (Å²) in [7, 11) is 0. The third kappa shape index (κ3) is 2.88. The van der Waals surface area contributed by atoms with Crippen molar-refractivity contribution in [2.24, 2.45) is 0 Å². The van der Waals surface area contributed by atoms with E-state index in [4.69, 9.17) is 4.74 Å². The quantitative estimate of drug-likeness (QED) is 0.929. The van der Waals surface area contributed by atoms with E-state index in [2.05, 4.69) is 17.2 Å². The highest BCUT2D eigenvalue weighted by Crippen LogP contribution is 2.40. The summed E-state index contributed by atoms with van der Waals surface area (Å²) in [6, 6.07) is 0.150. The zero-order valence-corrected chi connectivity index (χ0v) is 12.8. The number of nitrogens with one attached hydrogen (secondary N) is 1. The van der Waals surface area contributed by atoms with Gasteiger partial charge in [0.1, 0.15) is 5.69 Å². The summed E-state index contributed by atoms with van der Waals surface area (Å²) >= 11 is 1.58. The van der Waals surface area contributed by atoms with Crippen LogP contribution in [0.2, 0.25) is 0 Å². The van der Waals surface area contributed by atoms with E-state index >= 15 is 0 Å². The summed E-state index contributed by atoms with van der Waals surface area (Å²) in [6.45, 7) is 2.77. The van der Waals surface area contributed by atoms with E-state index in [1.807, 2.05) is 5.38 Å². The predicted molar refractivity (Wildman–Crippen MR) is 79.1 cm³/mol. The Morgan fingerprint density at radius 2 is 2.35 bits per heavy atom. The molecule has 4 nitrogen and oxygen atoms in total. The monoisotopic (exact) mass is 294 g/mol. The van der Waals surface area contributed by atoms with Crippen LogP contribution in [0, 0.1) is 0 Å². The predicted octanol–water partition coefficient (Wildman–Crippen LogP) is 2.93. The molecule has 2 heterocycles. The third-order valence-corrected chi connectivity index (χ3v) is 5.22. The molecule has 1 aliphatic heterocycles. The molecule has 1 unspecified atom stereocenters. The Hall–Kier alpha value is -0.940. The first kappa shape index (κ1) is 14.0. The van der Waals surface area contributed by atoms with Gasteiger partial charge in [-0.15, -0.1) is 11.3 Å². The minimum absolute atomic E-state index is 0.0488. The van der Waals surface area contributed by atoms with Gasteiger partial charge in [0.15, 0.2) is 0 Å². The molecule has 1 aliphatic carbocycles. The summed E-state index contributed by atoms with van der Waals surface area (Å²) in [5.74, 6) is -0.0488. The molecule has 20 heavy (non-hydrogen) atoms. The highest BCUT2D eigenvalue weighted by Gasteiger charge is 2.42. The van der Waals surface area contributed by atoms with E-state index in [0.29, 0.717) is 12.3 Å². The number of aromatic nitrogens is 1. The van der Waals surface area contributed by atoms with Gasteiger partial charge in [0, 0.05) is 5.38 Å². The molecule has 2 aliphatic rings. The van der Waals surface area contributed by atoms with Crippen molar-refractivity contribution in [2.75, 3.05) is 6.61 Å². The fourth-order valence-corrected chi connectivity index (χ4v) is 4.19. The molecule has 1 amide bonds. The first-order valence-electron chi connectivity index (χ1n) is 7.60. The van der Waals surface area contributed by atoms with Crippen molar-refractivity contribution in [1.82, 2.24) is 10.3 Å². The molecule has 1 atom stereocenters. The van der Waals surface area contributed by atoms with Gasteiger partial charge in [0.25, 0.3) is 5.91 Å². The lowest BCUT2D eigenvalue weighted by Crippen LogP contribution is -2.36. The van der Waals surface area contributed by atoms with Crippen LogP contribution in [-0.4, -0.2) is 29.1 Å². The number of carbonyl (C=O) groups excluding carboxylic acids is 1. The molecule has 1 saturated heterocycles.